The number of phenolic OH excluding ortho intramolecular Hbond substituents is 2. The average molecular weight is 2130 g/mol. The van der Waals surface area contributed by atoms with Crippen molar-refractivity contribution in [3.63, 3.8) is 0 Å². The zero-order valence-electron chi connectivity index (χ0n) is 87.4. The van der Waals surface area contributed by atoms with Gasteiger partial charge in [-0.15, -0.1) is 0 Å². The SMILES string of the molecule is CC[C@H](C)C[C@H](C)CCCCCCCCC(=O)N[C@H]1C[C@@H](O)[C@@H](NCC[C@@H](O)[C@@H]2NC(=O)[C@H]([C@H](O)[C@@H](O)c3ccc(O)cc3)NC(=O)[C@@H]3C[C@@H](O)CN3C(=O)[C@H]([C@@H](C)O)NC(=O)[C@@H](NC(=O)CCCCCCCC[C@@H](C)C[C@@H](C)CC)C[C@@H](O)[C@@H](NCCN)NC(=O)[C@@H]3[C@@H](O)CCN3C2=O)NC(=O)[C@@H]2[C@@H](O)CCN2C(=O)[C@H]([C@H](O)CCN)NC(=O)[C@H]([C@H](O)[C@@H](O)c2ccc(O)cc2)NC(=O)[C@@H]2C[C@@H](O)CN2C(=O)[C@H]([C@@H](C)O)NC1=O. The Morgan fingerprint density at radius 3 is 1.05 bits per heavy atom. The number of hydrogen-bond acceptors (Lipinski definition) is 34. The highest BCUT2D eigenvalue weighted by atomic mass is 16.3. The van der Waals surface area contributed by atoms with Crippen LogP contribution in [0.4, 0.5) is 0 Å². The van der Waals surface area contributed by atoms with Gasteiger partial charge in [0, 0.05) is 77.8 Å². The molecule has 6 saturated heterocycles. The Bertz CT molecular complexity index is 4670. The molecular weight excluding hydrogens is 1960 g/mol. The van der Waals surface area contributed by atoms with E-state index in [0.717, 1.165) is 146 Å². The summed E-state index contributed by atoms with van der Waals surface area (Å²) in [5.74, 6) is -16.6. The van der Waals surface area contributed by atoms with Crippen LogP contribution < -0.4 is 75.3 Å². The number of amides is 14. The minimum atomic E-state index is -2.60. The Labute approximate surface area is 875 Å². The molecule has 14 amide bonds. The second kappa shape index (κ2) is 61.1. The summed E-state index contributed by atoms with van der Waals surface area (Å²) >= 11 is 0. The highest BCUT2D eigenvalue weighted by Gasteiger charge is 2.53. The van der Waals surface area contributed by atoms with Gasteiger partial charge >= 0.3 is 0 Å². The molecule has 0 radical (unpaired) electrons. The summed E-state index contributed by atoms with van der Waals surface area (Å²) in [6, 6.07) is -17.2. The summed E-state index contributed by atoms with van der Waals surface area (Å²) in [7, 11) is 0. The van der Waals surface area contributed by atoms with Crippen molar-refractivity contribution in [1.82, 2.24) is 83.4 Å². The fourth-order valence-corrected chi connectivity index (χ4v) is 20.5. The first-order chi connectivity index (χ1) is 71.1. The van der Waals surface area contributed by atoms with E-state index in [-0.39, 0.29) is 55.0 Å². The summed E-state index contributed by atoms with van der Waals surface area (Å²) in [5.41, 5.74) is 11.5. The van der Waals surface area contributed by atoms with E-state index < -0.39 is 344 Å². The number of nitrogens with zero attached hydrogens (tertiary/aromatic N) is 4. The van der Waals surface area contributed by atoms with Crippen molar-refractivity contribution in [2.45, 2.75) is 405 Å². The first-order valence-electron chi connectivity index (χ1n) is 53.4. The van der Waals surface area contributed by atoms with Crippen molar-refractivity contribution in [1.29, 1.82) is 0 Å². The monoisotopic (exact) mass is 2130 g/mol. The first kappa shape index (κ1) is 125. The van der Waals surface area contributed by atoms with Crippen LogP contribution in [0.1, 0.15) is 259 Å². The minimum absolute atomic E-state index is 0.154. The molecule has 0 aliphatic carbocycles. The number of hydrogen-bond donors (Lipinski definition) is 30. The van der Waals surface area contributed by atoms with Crippen molar-refractivity contribution in [3.05, 3.63) is 59.7 Å². The molecule has 48 heteroatoms. The molecule has 2 aromatic carbocycles. The fraction of sp³-hybridized carbons (Fsp3) is 0.745. The van der Waals surface area contributed by atoms with E-state index in [4.69, 9.17) is 11.5 Å². The Hall–Kier alpha value is -10.1. The van der Waals surface area contributed by atoms with Crippen LogP contribution in [0.2, 0.25) is 0 Å². The Morgan fingerprint density at radius 1 is 0.367 bits per heavy atom. The second-order valence-electron chi connectivity index (χ2n) is 42.0. The van der Waals surface area contributed by atoms with Gasteiger partial charge < -0.3 is 166 Å². The molecule has 6 aliphatic rings. The lowest BCUT2D eigenvalue weighted by molar-refractivity contribution is -0.148. The molecular formula is C102H168N18O30. The van der Waals surface area contributed by atoms with Gasteiger partial charge in [0.2, 0.25) is 82.7 Å². The van der Waals surface area contributed by atoms with Gasteiger partial charge in [0.05, 0.1) is 61.0 Å². The summed E-state index contributed by atoms with van der Waals surface area (Å²) in [5, 5.41) is 219. The van der Waals surface area contributed by atoms with E-state index in [1.54, 1.807) is 0 Å². The third-order valence-corrected chi connectivity index (χ3v) is 29.6. The maximum atomic E-state index is 16.1. The number of aromatic hydroxyl groups is 2. The van der Waals surface area contributed by atoms with E-state index >= 15 is 47.9 Å². The molecule has 6 fully saturated rings. The number of fused-ring (bicyclic) bond motifs is 4. The van der Waals surface area contributed by atoms with Crippen LogP contribution in [-0.2, 0) is 67.1 Å². The fourth-order valence-electron chi connectivity index (χ4n) is 20.5. The lowest BCUT2D eigenvalue weighted by Crippen LogP contribution is -2.65. The predicted molar refractivity (Wildman–Crippen MR) is 542 cm³/mol. The first-order valence-corrected chi connectivity index (χ1v) is 53.4. The number of unbranched alkanes of at least 4 members (excludes halogenated alkanes) is 10. The number of nitrogens with one attached hydrogen (secondary N) is 12. The quantitative estimate of drug-likeness (QED) is 0.0275. The van der Waals surface area contributed by atoms with Crippen LogP contribution in [-0.4, -0.2) is 394 Å². The van der Waals surface area contributed by atoms with Crippen LogP contribution in [0, 0.1) is 23.7 Å². The molecule has 0 spiro atoms. The van der Waals surface area contributed by atoms with E-state index in [0.29, 0.717) is 69.0 Å². The number of carbonyl (C=O) groups excluding carboxylic acids is 14. The number of phenols is 2. The molecule has 8 rings (SSSR count). The number of aliphatic hydroxyl groups excluding tert-OH is 14. The van der Waals surface area contributed by atoms with E-state index in [1.807, 2.05) is 0 Å². The zero-order chi connectivity index (χ0) is 111. The van der Waals surface area contributed by atoms with Gasteiger partial charge in [-0.2, -0.15) is 0 Å². The van der Waals surface area contributed by atoms with Gasteiger partial charge in [-0.05, 0) is 137 Å². The molecule has 150 heavy (non-hydrogen) atoms. The Morgan fingerprint density at radius 2 is 0.700 bits per heavy atom. The lowest BCUT2D eigenvalue weighted by Gasteiger charge is -2.35. The number of carbonyl (C=O) groups is 14. The molecule has 846 valence electrons. The highest BCUT2D eigenvalue weighted by Crippen LogP contribution is 2.33. The van der Waals surface area contributed by atoms with E-state index in [9.17, 15) is 101 Å². The minimum Gasteiger partial charge on any atom is -0.508 e. The summed E-state index contributed by atoms with van der Waals surface area (Å²) in [4.78, 5) is 215. The largest absolute Gasteiger partial charge is 0.508 e. The Kier molecular flexibility index (Phi) is 51.0. The van der Waals surface area contributed by atoms with Gasteiger partial charge in [0.15, 0.2) is 0 Å². The van der Waals surface area contributed by atoms with Gasteiger partial charge in [-0.25, -0.2) is 0 Å². The van der Waals surface area contributed by atoms with Crippen LogP contribution in [0.25, 0.3) is 0 Å². The van der Waals surface area contributed by atoms with Gasteiger partial charge in [0.25, 0.3) is 0 Å². The van der Waals surface area contributed by atoms with Crippen molar-refractivity contribution < 1.29 is 149 Å². The lowest BCUT2D eigenvalue weighted by atomic mass is 9.91. The highest BCUT2D eigenvalue weighted by molar-refractivity contribution is 6.01. The van der Waals surface area contributed by atoms with Gasteiger partial charge in [-0.1, -0.05) is 156 Å². The number of rotatable bonds is 45. The van der Waals surface area contributed by atoms with Crippen molar-refractivity contribution >= 4 is 82.7 Å². The molecule has 2 aromatic rings. The van der Waals surface area contributed by atoms with E-state index in [1.165, 1.54) is 0 Å². The molecule has 0 saturated carbocycles. The Balaban J connectivity index is 1.22. The smallest absolute Gasteiger partial charge is 0.248 e. The van der Waals surface area contributed by atoms with Crippen molar-refractivity contribution in [3.8, 4) is 11.5 Å². The normalized spacial score (nSPS) is 29.2. The number of nitrogens with two attached hydrogens (primary N) is 2. The number of aliphatic hydroxyl groups is 14. The van der Waals surface area contributed by atoms with Crippen LogP contribution in [0.15, 0.2) is 48.5 Å². The van der Waals surface area contributed by atoms with Gasteiger partial charge in [-0.3, -0.25) is 77.8 Å². The maximum absolute atomic E-state index is 16.1. The van der Waals surface area contributed by atoms with Crippen LogP contribution >= 0.6 is 0 Å². The zero-order valence-corrected chi connectivity index (χ0v) is 87.4. The van der Waals surface area contributed by atoms with Crippen LogP contribution in [0.3, 0.4) is 0 Å². The molecule has 32 N–H and O–H groups in total. The summed E-state index contributed by atoms with van der Waals surface area (Å²) < 4.78 is 0. The van der Waals surface area contributed by atoms with Gasteiger partial charge in [0.1, 0.15) is 121 Å². The maximum Gasteiger partial charge on any atom is 0.248 e. The molecule has 48 nitrogen and oxygen atoms in total. The van der Waals surface area contributed by atoms with Crippen molar-refractivity contribution in [2.24, 2.45) is 35.1 Å². The molecule has 6 heterocycles. The second-order valence-corrected chi connectivity index (χ2v) is 42.0. The summed E-state index contributed by atoms with van der Waals surface area (Å²) in [6.07, 6.45) is -23.9. The van der Waals surface area contributed by atoms with Crippen molar-refractivity contribution in [2.75, 3.05) is 52.4 Å². The number of benzene rings is 2. The molecule has 32 atom stereocenters. The molecule has 0 unspecified atom stereocenters. The third kappa shape index (κ3) is 36.3. The molecule has 0 aromatic heterocycles. The molecule has 0 bridgehead atoms. The topological polar surface area (TPSA) is 772 Å². The standard InChI is InChI=1S/C102H168N18O30/c1-9-53(3)45-55(5)23-19-15-11-13-17-21-25-75(133)107-65-49-73(131)89(115-97(145)83-71(129)37-43-117(83)101(149)79(69(127)35-39-103)111-95(143)81(87(137)85(135)59-27-31-61(123)32-28-59)113-93(141)67-47-63(125)51-119(67)99(147)77(57(7)121)109-91(65)139)105-41-36-70(128)80-102(150)118-44-38-72(130)84(118)98(146)116-90(106-42-40-104)74(132)50-66(108-76(134)26-22-18-14-12-16-20-24-56(6)46-54(4)10-2)92(140)110-78(58(8)122)100(148)120-52-64(126)48-68(120)94(142)114-82(96(144)112-80)88(138)86(136)60-29-33-62(124)34-30-60/h27-34,53-58,63-74,77-90,105-106,121-132,135-138H,9-26,35-52,103-104H2,1-8H3,(H,107,133)(H,108,134)(H,109,139)(H,110,140)(H,111,143)(H,112,144)(H,113,141)(H,114,142)(H,115,145)(H,116,146)/t53-,54-,55+,56+,57+,58+,63+,64+,65-,66-,67-,68-,69+,70+,71-,72-,73+,74+,77-,78-,79-,80-,81-,82-,83-,84-,85-,86-,87-,88-,89-,90-/m0/s1. The summed E-state index contributed by atoms with van der Waals surface area (Å²) in [6.45, 7) is 10.9. The predicted octanol–water partition coefficient (Wildman–Crippen LogP) is -5.53. The van der Waals surface area contributed by atoms with E-state index in [2.05, 4.69) is 105 Å². The average Bonchev–Trinajstić information content (AvgIpc) is 1.63. The van der Waals surface area contributed by atoms with Crippen LogP contribution in [0.5, 0.6) is 11.5 Å². The molecule has 6 aliphatic heterocycles. The third-order valence-electron chi connectivity index (χ3n) is 29.6.